The monoisotopic (exact) mass is 261 g/mol. The third-order valence-electron chi connectivity index (χ3n) is 2.37. The van der Waals surface area contributed by atoms with Crippen molar-refractivity contribution >= 4 is 12.2 Å². The number of aromatic nitrogens is 4. The van der Waals surface area contributed by atoms with Gasteiger partial charge in [-0.2, -0.15) is 0 Å². The summed E-state index contributed by atoms with van der Waals surface area (Å²) >= 11 is 0. The topological polar surface area (TPSA) is 109 Å². The van der Waals surface area contributed by atoms with Crippen LogP contribution in [0.1, 0.15) is 5.56 Å². The van der Waals surface area contributed by atoms with Crippen LogP contribution in [0.5, 0.6) is 17.2 Å². The zero-order valence-corrected chi connectivity index (χ0v) is 9.90. The van der Waals surface area contributed by atoms with Crippen molar-refractivity contribution in [3.63, 3.8) is 0 Å². The molecular weight excluding hydrogens is 252 g/mol. The van der Waals surface area contributed by atoms with E-state index in [4.69, 9.17) is 14.2 Å². The SMILES string of the molecule is COc1cc(/C=N\[N-]c2nn[nH]n2)cc2c1OCO2. The summed E-state index contributed by atoms with van der Waals surface area (Å²) in [6.45, 7) is 0.180. The predicted octanol–water partition coefficient (Wildman–Crippen LogP) is 0.976. The van der Waals surface area contributed by atoms with Gasteiger partial charge in [-0.25, -0.2) is 5.10 Å². The van der Waals surface area contributed by atoms with E-state index in [1.54, 1.807) is 19.2 Å². The first kappa shape index (κ1) is 11.3. The second kappa shape index (κ2) is 4.80. The first-order chi connectivity index (χ1) is 9.36. The molecule has 1 aliphatic rings. The van der Waals surface area contributed by atoms with Crippen molar-refractivity contribution < 1.29 is 14.2 Å². The Kier molecular flexibility index (Phi) is 2.85. The number of nitrogens with one attached hydrogen (secondary N) is 1. The molecule has 0 atom stereocenters. The zero-order chi connectivity index (χ0) is 13.1. The van der Waals surface area contributed by atoms with Gasteiger partial charge in [0.25, 0.3) is 0 Å². The highest BCUT2D eigenvalue weighted by Gasteiger charge is 2.19. The maximum Gasteiger partial charge on any atom is 0.231 e. The van der Waals surface area contributed by atoms with E-state index in [0.29, 0.717) is 17.2 Å². The molecule has 1 N–H and O–H groups in total. The van der Waals surface area contributed by atoms with E-state index in [1.165, 1.54) is 6.21 Å². The van der Waals surface area contributed by atoms with Crippen LogP contribution in [0.4, 0.5) is 5.95 Å². The van der Waals surface area contributed by atoms with Gasteiger partial charge in [-0.3, -0.25) is 20.8 Å². The van der Waals surface area contributed by atoms with Gasteiger partial charge in [-0.15, -0.1) is 5.21 Å². The Bertz CT molecular complexity index is 598. The van der Waals surface area contributed by atoms with Gasteiger partial charge < -0.3 is 14.2 Å². The highest BCUT2D eigenvalue weighted by atomic mass is 16.7. The average molecular weight is 261 g/mol. The third-order valence-corrected chi connectivity index (χ3v) is 2.37. The van der Waals surface area contributed by atoms with Crippen LogP contribution in [-0.2, 0) is 0 Å². The first-order valence-corrected chi connectivity index (χ1v) is 5.32. The van der Waals surface area contributed by atoms with Crippen molar-refractivity contribution in [2.45, 2.75) is 0 Å². The molecule has 1 aromatic carbocycles. The fraction of sp³-hybridized carbons (Fsp3) is 0.200. The number of aromatic amines is 1. The number of fused-ring (bicyclic) bond motifs is 1. The van der Waals surface area contributed by atoms with E-state index >= 15 is 0 Å². The molecule has 0 amide bonds. The Morgan fingerprint density at radius 1 is 1.47 bits per heavy atom. The molecule has 0 radical (unpaired) electrons. The molecule has 2 aromatic rings. The highest BCUT2D eigenvalue weighted by molar-refractivity contribution is 5.83. The molecule has 9 nitrogen and oxygen atoms in total. The van der Waals surface area contributed by atoms with E-state index in [1.807, 2.05) is 0 Å². The summed E-state index contributed by atoms with van der Waals surface area (Å²) in [5, 5.41) is 16.8. The van der Waals surface area contributed by atoms with Gasteiger partial charge >= 0.3 is 0 Å². The van der Waals surface area contributed by atoms with Gasteiger partial charge in [0.2, 0.25) is 12.5 Å². The van der Waals surface area contributed by atoms with Gasteiger partial charge in [0.15, 0.2) is 11.5 Å². The fourth-order valence-corrected chi connectivity index (χ4v) is 1.57. The molecular formula is C10H9N6O3-. The molecule has 0 bridgehead atoms. The molecule has 1 aromatic heterocycles. The number of nitrogens with zero attached hydrogens (tertiary/aromatic N) is 5. The zero-order valence-electron chi connectivity index (χ0n) is 9.90. The summed E-state index contributed by atoms with van der Waals surface area (Å²) in [6, 6.07) is 3.54. The van der Waals surface area contributed by atoms with Crippen molar-refractivity contribution in [1.29, 1.82) is 0 Å². The minimum absolute atomic E-state index is 0.156. The molecule has 0 saturated carbocycles. The normalized spacial score (nSPS) is 12.9. The van der Waals surface area contributed by atoms with Crippen LogP contribution >= 0.6 is 0 Å². The van der Waals surface area contributed by atoms with E-state index in [2.05, 4.69) is 31.2 Å². The van der Waals surface area contributed by atoms with E-state index < -0.39 is 0 Å². The van der Waals surface area contributed by atoms with Crippen molar-refractivity contribution in [1.82, 2.24) is 20.6 Å². The minimum Gasteiger partial charge on any atom is -0.493 e. The van der Waals surface area contributed by atoms with Crippen LogP contribution in [0.15, 0.2) is 17.2 Å². The number of benzene rings is 1. The second-order valence-corrected chi connectivity index (χ2v) is 3.51. The quantitative estimate of drug-likeness (QED) is 0.649. The standard InChI is InChI=1S/C10H9N6O3/c1-17-7-2-6(3-8-9(7)19-5-18-8)4-11-12-10-13-15-16-14-10/h2-4H,5H2,1H3,(H-,12,13,14,15,16)/q-1/b11-4-. The Morgan fingerprint density at radius 2 is 2.42 bits per heavy atom. The minimum atomic E-state index is 0.156. The van der Waals surface area contributed by atoms with Crippen LogP contribution in [0.3, 0.4) is 0 Å². The largest absolute Gasteiger partial charge is 0.493 e. The average Bonchev–Trinajstić information content (AvgIpc) is 3.08. The number of hydrogen-bond donors (Lipinski definition) is 1. The number of hydrogen-bond acceptors (Lipinski definition) is 7. The van der Waals surface area contributed by atoms with E-state index in [0.717, 1.165) is 5.56 Å². The molecule has 9 heteroatoms. The smallest absolute Gasteiger partial charge is 0.231 e. The Labute approximate surface area is 107 Å². The lowest BCUT2D eigenvalue weighted by atomic mass is 10.2. The van der Waals surface area contributed by atoms with Crippen molar-refractivity contribution in [2.75, 3.05) is 13.9 Å². The summed E-state index contributed by atoms with van der Waals surface area (Å²) in [5.41, 5.74) is 4.51. The molecule has 0 fully saturated rings. The van der Waals surface area contributed by atoms with Gasteiger partial charge in [0.1, 0.15) is 0 Å². The fourth-order valence-electron chi connectivity index (χ4n) is 1.57. The molecule has 1 aliphatic heterocycles. The number of rotatable bonds is 4. The van der Waals surface area contributed by atoms with Crippen LogP contribution in [-0.4, -0.2) is 40.7 Å². The molecule has 0 unspecified atom stereocenters. The Balaban J connectivity index is 1.79. The summed E-state index contributed by atoms with van der Waals surface area (Å²) in [4.78, 5) is 0. The van der Waals surface area contributed by atoms with Gasteiger partial charge in [-0.05, 0) is 12.1 Å². The first-order valence-electron chi connectivity index (χ1n) is 5.32. The maximum absolute atomic E-state index is 5.30. The Hall–Kier alpha value is -2.84. The molecule has 98 valence electrons. The summed E-state index contributed by atoms with van der Waals surface area (Å²) in [6.07, 6.45) is 1.53. The predicted molar refractivity (Wildman–Crippen MR) is 63.9 cm³/mol. The lowest BCUT2D eigenvalue weighted by Crippen LogP contribution is -1.93. The van der Waals surface area contributed by atoms with Crippen LogP contribution < -0.4 is 14.2 Å². The molecule has 0 saturated heterocycles. The summed E-state index contributed by atoms with van der Waals surface area (Å²) in [7, 11) is 1.56. The highest BCUT2D eigenvalue weighted by Crippen LogP contribution is 2.41. The van der Waals surface area contributed by atoms with Crippen LogP contribution in [0.25, 0.3) is 5.43 Å². The molecule has 19 heavy (non-hydrogen) atoms. The van der Waals surface area contributed by atoms with Crippen molar-refractivity contribution in [2.24, 2.45) is 5.10 Å². The maximum atomic E-state index is 5.30. The van der Waals surface area contributed by atoms with E-state index in [9.17, 15) is 0 Å². The number of ether oxygens (including phenoxy) is 3. The van der Waals surface area contributed by atoms with Crippen molar-refractivity contribution in [3.8, 4) is 17.2 Å². The van der Waals surface area contributed by atoms with Crippen LogP contribution in [0, 0.1) is 0 Å². The van der Waals surface area contributed by atoms with Crippen LogP contribution in [0.2, 0.25) is 0 Å². The van der Waals surface area contributed by atoms with E-state index in [-0.39, 0.29) is 12.7 Å². The molecule has 0 aliphatic carbocycles. The van der Waals surface area contributed by atoms with Gasteiger partial charge in [-0.1, -0.05) is 0 Å². The van der Waals surface area contributed by atoms with Crippen molar-refractivity contribution in [3.05, 3.63) is 23.1 Å². The molecule has 3 rings (SSSR count). The number of H-pyrrole nitrogens is 1. The Morgan fingerprint density at radius 3 is 3.21 bits per heavy atom. The molecule has 2 heterocycles. The second-order valence-electron chi connectivity index (χ2n) is 3.51. The summed E-state index contributed by atoms with van der Waals surface area (Å²) < 4.78 is 15.8. The number of methoxy groups -OCH3 is 1. The lowest BCUT2D eigenvalue weighted by molar-refractivity contribution is 0.171. The molecule has 0 spiro atoms. The van der Waals surface area contributed by atoms with Gasteiger partial charge in [0, 0.05) is 11.8 Å². The lowest BCUT2D eigenvalue weighted by Gasteiger charge is -2.05. The number of tetrazole rings is 1. The third kappa shape index (κ3) is 2.25. The van der Waals surface area contributed by atoms with Gasteiger partial charge in [0.05, 0.1) is 13.1 Å². The summed E-state index contributed by atoms with van der Waals surface area (Å²) in [5.74, 6) is 1.94.